The number of likely N-dealkylation sites (tertiary alicyclic amines) is 1. The van der Waals surface area contributed by atoms with E-state index < -0.39 is 0 Å². The first-order valence-corrected chi connectivity index (χ1v) is 5.04. The molecule has 1 saturated carbocycles. The molecule has 1 N–H and O–H groups in total. The lowest BCUT2D eigenvalue weighted by Crippen LogP contribution is -2.56. The van der Waals surface area contributed by atoms with Crippen LogP contribution in [0, 0.1) is 11.3 Å². The quantitative estimate of drug-likeness (QED) is 0.639. The van der Waals surface area contributed by atoms with E-state index in [9.17, 15) is 4.79 Å². The van der Waals surface area contributed by atoms with Crippen molar-refractivity contribution in [3.05, 3.63) is 0 Å². The molecule has 0 aromatic rings. The summed E-state index contributed by atoms with van der Waals surface area (Å²) in [6, 6.07) is 0.399. The summed E-state index contributed by atoms with van der Waals surface area (Å²) in [5, 5.41) is 3.31. The molecule has 2 unspecified atom stereocenters. The predicted octanol–water partition coefficient (Wildman–Crippen LogP) is 0.463. The standard InChI is InChI=1S/C10H18N2O/c1-7-6-12(3)9(13)10(4-5-10)8(7)11-2/h7-8,11H,4-6H2,1-3H3. The zero-order valence-electron chi connectivity index (χ0n) is 8.63. The fourth-order valence-electron chi connectivity index (χ4n) is 2.90. The second-order valence-electron chi connectivity index (χ2n) is 4.59. The third-order valence-corrected chi connectivity index (χ3v) is 3.60. The van der Waals surface area contributed by atoms with Crippen molar-refractivity contribution in [1.82, 2.24) is 10.2 Å². The van der Waals surface area contributed by atoms with E-state index in [1.54, 1.807) is 0 Å². The van der Waals surface area contributed by atoms with E-state index in [0.717, 1.165) is 19.4 Å². The molecule has 0 bridgehead atoms. The lowest BCUT2D eigenvalue weighted by atomic mass is 9.81. The van der Waals surface area contributed by atoms with Crippen LogP contribution in [-0.4, -0.2) is 37.5 Å². The van der Waals surface area contributed by atoms with Crippen molar-refractivity contribution in [2.45, 2.75) is 25.8 Å². The molecule has 1 amide bonds. The first-order valence-electron chi connectivity index (χ1n) is 5.04. The van der Waals surface area contributed by atoms with Crippen LogP contribution in [0.1, 0.15) is 19.8 Å². The molecular formula is C10H18N2O. The Morgan fingerprint density at radius 1 is 1.54 bits per heavy atom. The molecule has 2 atom stereocenters. The van der Waals surface area contributed by atoms with E-state index >= 15 is 0 Å². The van der Waals surface area contributed by atoms with Crippen molar-refractivity contribution in [3.8, 4) is 0 Å². The van der Waals surface area contributed by atoms with E-state index in [-0.39, 0.29) is 5.41 Å². The lowest BCUT2D eigenvalue weighted by Gasteiger charge is -2.41. The molecule has 2 rings (SSSR count). The number of nitrogens with zero attached hydrogens (tertiary/aromatic N) is 1. The summed E-state index contributed by atoms with van der Waals surface area (Å²) in [4.78, 5) is 13.8. The molecule has 0 aromatic heterocycles. The van der Waals surface area contributed by atoms with Gasteiger partial charge in [0.25, 0.3) is 0 Å². The number of rotatable bonds is 1. The highest BCUT2D eigenvalue weighted by Crippen LogP contribution is 2.53. The van der Waals surface area contributed by atoms with E-state index in [4.69, 9.17) is 0 Å². The van der Waals surface area contributed by atoms with Crippen LogP contribution in [-0.2, 0) is 4.79 Å². The largest absolute Gasteiger partial charge is 0.345 e. The average Bonchev–Trinajstić information content (AvgIpc) is 2.83. The van der Waals surface area contributed by atoms with Crippen molar-refractivity contribution in [1.29, 1.82) is 0 Å². The summed E-state index contributed by atoms with van der Waals surface area (Å²) in [6.07, 6.45) is 2.15. The normalized spacial score (nSPS) is 36.8. The van der Waals surface area contributed by atoms with Crippen LogP contribution >= 0.6 is 0 Å². The van der Waals surface area contributed by atoms with Gasteiger partial charge in [-0.15, -0.1) is 0 Å². The van der Waals surface area contributed by atoms with Crippen LogP contribution in [0.3, 0.4) is 0 Å². The summed E-state index contributed by atoms with van der Waals surface area (Å²) in [5.74, 6) is 0.931. The highest BCUT2D eigenvalue weighted by molar-refractivity contribution is 5.87. The Labute approximate surface area is 79.5 Å². The highest BCUT2D eigenvalue weighted by atomic mass is 16.2. The van der Waals surface area contributed by atoms with Gasteiger partial charge in [0.05, 0.1) is 5.41 Å². The molecule has 0 aromatic carbocycles. The number of carbonyl (C=O) groups excluding carboxylic acids is 1. The van der Waals surface area contributed by atoms with Crippen LogP contribution in [0.15, 0.2) is 0 Å². The van der Waals surface area contributed by atoms with Gasteiger partial charge in [-0.1, -0.05) is 6.92 Å². The Kier molecular flexibility index (Phi) is 1.88. The molecule has 3 nitrogen and oxygen atoms in total. The lowest BCUT2D eigenvalue weighted by molar-refractivity contribution is -0.142. The zero-order chi connectivity index (χ0) is 9.64. The van der Waals surface area contributed by atoms with Crippen LogP contribution in [0.25, 0.3) is 0 Å². The van der Waals surface area contributed by atoms with Gasteiger partial charge in [-0.25, -0.2) is 0 Å². The molecule has 3 heteroatoms. The van der Waals surface area contributed by atoms with Crippen molar-refractivity contribution in [2.24, 2.45) is 11.3 Å². The van der Waals surface area contributed by atoms with Gasteiger partial charge in [-0.3, -0.25) is 4.79 Å². The molecule has 2 aliphatic rings. The molecule has 1 saturated heterocycles. The SMILES string of the molecule is CNC1C(C)CN(C)C(=O)C12CC2. The third kappa shape index (κ3) is 1.10. The van der Waals surface area contributed by atoms with E-state index in [1.165, 1.54) is 0 Å². The summed E-state index contributed by atoms with van der Waals surface area (Å²) in [7, 11) is 3.89. The number of amides is 1. The van der Waals surface area contributed by atoms with Gasteiger partial charge < -0.3 is 10.2 Å². The van der Waals surface area contributed by atoms with Crippen molar-refractivity contribution in [2.75, 3.05) is 20.6 Å². The fourth-order valence-corrected chi connectivity index (χ4v) is 2.90. The first-order chi connectivity index (χ1) is 6.12. The van der Waals surface area contributed by atoms with Crippen molar-refractivity contribution < 1.29 is 4.79 Å². The molecule has 74 valence electrons. The Morgan fingerprint density at radius 2 is 2.15 bits per heavy atom. The smallest absolute Gasteiger partial charge is 0.230 e. The second kappa shape index (κ2) is 2.71. The van der Waals surface area contributed by atoms with E-state index in [2.05, 4.69) is 12.2 Å². The topological polar surface area (TPSA) is 32.3 Å². The van der Waals surface area contributed by atoms with Crippen LogP contribution in [0.2, 0.25) is 0 Å². The monoisotopic (exact) mass is 182 g/mol. The van der Waals surface area contributed by atoms with Crippen molar-refractivity contribution in [3.63, 3.8) is 0 Å². The van der Waals surface area contributed by atoms with Gasteiger partial charge in [-0.05, 0) is 25.8 Å². The Morgan fingerprint density at radius 3 is 2.62 bits per heavy atom. The van der Waals surface area contributed by atoms with Crippen LogP contribution in [0.4, 0.5) is 0 Å². The maximum atomic E-state index is 11.9. The number of nitrogens with one attached hydrogen (secondary N) is 1. The molecule has 0 radical (unpaired) electrons. The highest BCUT2D eigenvalue weighted by Gasteiger charge is 2.59. The molecule has 13 heavy (non-hydrogen) atoms. The summed E-state index contributed by atoms with van der Waals surface area (Å²) < 4.78 is 0. The molecule has 1 heterocycles. The summed E-state index contributed by atoms with van der Waals surface area (Å²) >= 11 is 0. The average molecular weight is 182 g/mol. The Balaban J connectivity index is 2.24. The van der Waals surface area contributed by atoms with E-state index in [1.807, 2.05) is 19.0 Å². The summed E-state index contributed by atoms with van der Waals surface area (Å²) in [6.45, 7) is 3.12. The minimum atomic E-state index is -0.0266. The van der Waals surface area contributed by atoms with E-state index in [0.29, 0.717) is 17.9 Å². The minimum Gasteiger partial charge on any atom is -0.345 e. The Hall–Kier alpha value is -0.570. The molecule has 1 aliphatic heterocycles. The fraction of sp³-hybridized carbons (Fsp3) is 0.900. The first kappa shape index (κ1) is 9.00. The number of piperidine rings is 1. The Bertz CT molecular complexity index is 235. The third-order valence-electron chi connectivity index (χ3n) is 3.60. The van der Waals surface area contributed by atoms with Gasteiger partial charge >= 0.3 is 0 Å². The molecule has 2 fully saturated rings. The van der Waals surface area contributed by atoms with Crippen molar-refractivity contribution >= 4 is 5.91 Å². The van der Waals surface area contributed by atoms with Gasteiger partial charge in [-0.2, -0.15) is 0 Å². The molecular weight excluding hydrogens is 164 g/mol. The number of carbonyl (C=O) groups is 1. The molecule has 1 spiro atoms. The zero-order valence-corrected chi connectivity index (χ0v) is 8.63. The van der Waals surface area contributed by atoms with Gasteiger partial charge in [0.2, 0.25) is 5.91 Å². The predicted molar refractivity (Wildman–Crippen MR) is 51.3 cm³/mol. The molecule has 1 aliphatic carbocycles. The number of hydrogen-bond donors (Lipinski definition) is 1. The van der Waals surface area contributed by atoms with Gasteiger partial charge in [0.15, 0.2) is 0 Å². The second-order valence-corrected chi connectivity index (χ2v) is 4.59. The number of hydrogen-bond acceptors (Lipinski definition) is 2. The van der Waals surface area contributed by atoms with Gasteiger partial charge in [0, 0.05) is 19.6 Å². The van der Waals surface area contributed by atoms with Crippen LogP contribution in [0.5, 0.6) is 0 Å². The maximum absolute atomic E-state index is 11.9. The van der Waals surface area contributed by atoms with Gasteiger partial charge in [0.1, 0.15) is 0 Å². The summed E-state index contributed by atoms with van der Waals surface area (Å²) in [5.41, 5.74) is -0.0266. The maximum Gasteiger partial charge on any atom is 0.230 e. The van der Waals surface area contributed by atoms with Crippen LogP contribution < -0.4 is 5.32 Å². The minimum absolute atomic E-state index is 0.0266.